The number of nitrogens with zero attached hydrogens (tertiary/aromatic N) is 1. The Morgan fingerprint density at radius 2 is 1.84 bits per heavy atom. The predicted molar refractivity (Wildman–Crippen MR) is 119 cm³/mol. The van der Waals surface area contributed by atoms with Crippen LogP contribution in [0.1, 0.15) is 34.6 Å². The van der Waals surface area contributed by atoms with E-state index in [9.17, 15) is 19.5 Å². The van der Waals surface area contributed by atoms with Crippen LogP contribution in [-0.2, 0) is 4.74 Å². The number of nitrogens with one attached hydrogen (secondary N) is 2. The van der Waals surface area contributed by atoms with E-state index in [2.05, 4.69) is 10.6 Å². The molecule has 1 fully saturated rings. The Bertz CT molecular complexity index is 1250. The number of benzene rings is 1. The smallest absolute Gasteiger partial charge is 0.257 e. The Kier molecular flexibility index (Phi) is 5.29. The van der Waals surface area contributed by atoms with Gasteiger partial charge in [-0.3, -0.25) is 14.4 Å². The van der Waals surface area contributed by atoms with Crippen molar-refractivity contribution in [3.05, 3.63) is 67.9 Å². The molecule has 1 atom stereocenters. The number of aromatic hydroxyl groups is 1. The van der Waals surface area contributed by atoms with Crippen LogP contribution in [0.4, 0.5) is 17.1 Å². The monoisotopic (exact) mass is 439 g/mol. The van der Waals surface area contributed by atoms with Gasteiger partial charge in [-0.15, -0.1) is 0 Å². The van der Waals surface area contributed by atoms with Crippen LogP contribution < -0.4 is 21.5 Å². The van der Waals surface area contributed by atoms with Crippen molar-refractivity contribution in [1.29, 1.82) is 0 Å². The lowest BCUT2D eigenvalue weighted by molar-refractivity contribution is -0.115. The van der Waals surface area contributed by atoms with Gasteiger partial charge < -0.3 is 29.8 Å². The molecular formula is C23H25N3O6. The molecule has 0 spiro atoms. The molecule has 0 radical (unpaired) electrons. The van der Waals surface area contributed by atoms with Crippen molar-refractivity contribution in [2.24, 2.45) is 5.41 Å². The van der Waals surface area contributed by atoms with Crippen LogP contribution in [0.3, 0.4) is 0 Å². The van der Waals surface area contributed by atoms with Crippen molar-refractivity contribution in [1.82, 2.24) is 4.90 Å². The molecule has 3 N–H and O–H groups in total. The summed E-state index contributed by atoms with van der Waals surface area (Å²) in [4.78, 5) is 38.4. The molecule has 9 nitrogen and oxygen atoms in total. The van der Waals surface area contributed by atoms with Crippen molar-refractivity contribution in [2.45, 2.75) is 19.9 Å². The second-order valence-corrected chi connectivity index (χ2v) is 8.63. The lowest BCUT2D eigenvalue weighted by atomic mass is 9.78. The van der Waals surface area contributed by atoms with Gasteiger partial charge in [0.15, 0.2) is 5.75 Å². The third-order valence-corrected chi connectivity index (χ3v) is 5.86. The van der Waals surface area contributed by atoms with Gasteiger partial charge in [-0.05, 0) is 30.7 Å². The van der Waals surface area contributed by atoms with Crippen LogP contribution >= 0.6 is 0 Å². The molecule has 2 heterocycles. The zero-order chi connectivity index (χ0) is 23.2. The van der Waals surface area contributed by atoms with E-state index in [1.165, 1.54) is 17.0 Å². The molecule has 1 saturated heterocycles. The molecule has 3 aromatic rings. The van der Waals surface area contributed by atoms with Crippen molar-refractivity contribution < 1.29 is 19.1 Å². The Hall–Kier alpha value is -3.59. The molecule has 4 rings (SSSR count). The van der Waals surface area contributed by atoms with Gasteiger partial charge in [0.2, 0.25) is 0 Å². The van der Waals surface area contributed by atoms with Gasteiger partial charge in [0, 0.05) is 19.5 Å². The summed E-state index contributed by atoms with van der Waals surface area (Å²) < 4.78 is 11.1. The molecule has 168 valence electrons. The summed E-state index contributed by atoms with van der Waals surface area (Å²) in [5.41, 5.74) is -0.429. The standard InChI is InChI=1S/C23H25N3O6/c1-12-8-9-32-20(12)21(23(2)10-31-11-23)25-16-15(18(28)19(16)29)24-14-7-5-6-13(17(14)27)22(30)26(3)4/h5-9,21,24-25,27H,10-11H2,1-4H3. The van der Waals surface area contributed by atoms with Gasteiger partial charge in [-0.2, -0.15) is 0 Å². The summed E-state index contributed by atoms with van der Waals surface area (Å²) in [5, 5.41) is 16.6. The van der Waals surface area contributed by atoms with Gasteiger partial charge in [-0.25, -0.2) is 0 Å². The summed E-state index contributed by atoms with van der Waals surface area (Å²) in [6, 6.07) is 6.03. The molecule has 0 aliphatic carbocycles. The quantitative estimate of drug-likeness (QED) is 0.379. The normalized spacial score (nSPS) is 15.8. The number of para-hydroxylation sites is 1. The first kappa shape index (κ1) is 21.6. The summed E-state index contributed by atoms with van der Waals surface area (Å²) in [5.74, 6) is -0.0278. The number of rotatable bonds is 7. The largest absolute Gasteiger partial charge is 0.505 e. The lowest BCUT2D eigenvalue weighted by Crippen LogP contribution is -2.49. The van der Waals surface area contributed by atoms with Crippen molar-refractivity contribution in [3.8, 4) is 5.75 Å². The molecule has 0 saturated carbocycles. The molecule has 2 aromatic carbocycles. The van der Waals surface area contributed by atoms with E-state index in [0.717, 1.165) is 5.56 Å². The van der Waals surface area contributed by atoms with Crippen molar-refractivity contribution in [3.63, 3.8) is 0 Å². The number of phenols is 1. The fourth-order valence-electron chi connectivity index (χ4n) is 3.81. The molecular weight excluding hydrogens is 414 g/mol. The number of ether oxygens (including phenoxy) is 1. The fraction of sp³-hybridized carbons (Fsp3) is 0.348. The van der Waals surface area contributed by atoms with Crippen molar-refractivity contribution >= 4 is 23.0 Å². The lowest BCUT2D eigenvalue weighted by Gasteiger charge is -2.44. The number of aryl methyl sites for hydroxylation is 1. The minimum absolute atomic E-state index is 0.0257. The van der Waals surface area contributed by atoms with Gasteiger partial charge >= 0.3 is 0 Å². The number of anilines is 3. The topological polar surface area (TPSA) is 121 Å². The van der Waals surface area contributed by atoms with Crippen LogP contribution in [-0.4, -0.2) is 43.2 Å². The first-order valence-electron chi connectivity index (χ1n) is 10.2. The number of hydrogen-bond acceptors (Lipinski definition) is 8. The van der Waals surface area contributed by atoms with Crippen LogP contribution in [0.2, 0.25) is 0 Å². The van der Waals surface area contributed by atoms with Gasteiger partial charge in [0.25, 0.3) is 16.8 Å². The summed E-state index contributed by atoms with van der Waals surface area (Å²) in [7, 11) is 3.14. The number of phenolic OH excluding ortho intramolecular Hbond substituents is 1. The maximum atomic E-state index is 12.4. The third-order valence-electron chi connectivity index (χ3n) is 5.86. The zero-order valence-corrected chi connectivity index (χ0v) is 18.3. The molecule has 32 heavy (non-hydrogen) atoms. The molecule has 1 aliphatic heterocycles. The Morgan fingerprint density at radius 1 is 1.16 bits per heavy atom. The average Bonchev–Trinajstić information content (AvgIpc) is 3.17. The molecule has 1 unspecified atom stereocenters. The Balaban J connectivity index is 1.67. The summed E-state index contributed by atoms with van der Waals surface area (Å²) >= 11 is 0. The zero-order valence-electron chi connectivity index (χ0n) is 18.3. The molecule has 1 aliphatic rings. The highest BCUT2D eigenvalue weighted by Gasteiger charge is 2.45. The van der Waals surface area contributed by atoms with Crippen LogP contribution in [0.25, 0.3) is 0 Å². The molecule has 1 amide bonds. The maximum absolute atomic E-state index is 12.4. The fourth-order valence-corrected chi connectivity index (χ4v) is 3.81. The summed E-state index contributed by atoms with van der Waals surface area (Å²) in [6.07, 6.45) is 1.58. The maximum Gasteiger partial charge on any atom is 0.257 e. The number of hydrogen-bond donors (Lipinski definition) is 3. The minimum Gasteiger partial charge on any atom is -0.505 e. The van der Waals surface area contributed by atoms with E-state index < -0.39 is 16.9 Å². The van der Waals surface area contributed by atoms with E-state index >= 15 is 0 Å². The van der Waals surface area contributed by atoms with Crippen molar-refractivity contribution in [2.75, 3.05) is 37.9 Å². The predicted octanol–water partition coefficient (Wildman–Crippen LogP) is 2.52. The number of furan rings is 1. The SMILES string of the molecule is Cc1ccoc1C(Nc1c(Nc2cccc(C(=O)N(C)C)c2O)c(=O)c1=O)C1(C)COC1. The second kappa shape index (κ2) is 7.83. The first-order chi connectivity index (χ1) is 15.1. The first-order valence-corrected chi connectivity index (χ1v) is 10.2. The summed E-state index contributed by atoms with van der Waals surface area (Å²) in [6.45, 7) is 4.86. The highest BCUT2D eigenvalue weighted by molar-refractivity contribution is 5.99. The minimum atomic E-state index is -0.707. The average molecular weight is 439 g/mol. The molecule has 1 aromatic heterocycles. The van der Waals surface area contributed by atoms with E-state index in [4.69, 9.17) is 9.15 Å². The second-order valence-electron chi connectivity index (χ2n) is 8.63. The molecule has 9 heteroatoms. The number of carbonyl (C=O) groups excluding carboxylic acids is 1. The van der Waals surface area contributed by atoms with E-state index in [1.54, 1.807) is 26.4 Å². The van der Waals surface area contributed by atoms with E-state index in [-0.39, 0.29) is 39.7 Å². The Labute approximate surface area is 184 Å². The van der Waals surface area contributed by atoms with Crippen LogP contribution in [0.5, 0.6) is 5.75 Å². The highest BCUT2D eigenvalue weighted by atomic mass is 16.5. The highest BCUT2D eigenvalue weighted by Crippen LogP contribution is 2.44. The number of amides is 1. The van der Waals surface area contributed by atoms with Gasteiger partial charge in [0.1, 0.15) is 17.1 Å². The molecule has 0 bridgehead atoms. The van der Waals surface area contributed by atoms with Crippen LogP contribution in [0, 0.1) is 12.3 Å². The van der Waals surface area contributed by atoms with Gasteiger partial charge in [-0.1, -0.05) is 13.0 Å². The van der Waals surface area contributed by atoms with E-state index in [1.807, 2.05) is 19.9 Å². The number of carbonyl (C=O) groups is 1. The van der Waals surface area contributed by atoms with Gasteiger partial charge in [0.05, 0.1) is 36.8 Å². The third kappa shape index (κ3) is 3.44. The van der Waals surface area contributed by atoms with Crippen LogP contribution in [0.15, 0.2) is 44.5 Å². The van der Waals surface area contributed by atoms with E-state index in [0.29, 0.717) is 19.0 Å². The Morgan fingerprint density at radius 3 is 2.41 bits per heavy atom.